The number of rotatable bonds is 3. The standard InChI is InChI=1S/C13H16O3/c1-4-8-5-11(14)10-7-13(16-3)12(15-2)6-9(8)10/h6-8H,4-5H2,1-3H3. The normalized spacial score (nSPS) is 18.4. The molecule has 0 fully saturated rings. The Labute approximate surface area is 95.4 Å². The predicted molar refractivity (Wildman–Crippen MR) is 61.5 cm³/mol. The Morgan fingerprint density at radius 3 is 2.44 bits per heavy atom. The lowest BCUT2D eigenvalue weighted by Crippen LogP contribution is -1.96. The first-order chi connectivity index (χ1) is 7.71. The van der Waals surface area contributed by atoms with Crippen molar-refractivity contribution < 1.29 is 14.3 Å². The van der Waals surface area contributed by atoms with Gasteiger partial charge in [0.15, 0.2) is 17.3 Å². The Hall–Kier alpha value is -1.51. The topological polar surface area (TPSA) is 35.5 Å². The van der Waals surface area contributed by atoms with E-state index in [0.29, 0.717) is 23.8 Å². The van der Waals surface area contributed by atoms with Gasteiger partial charge in [-0.1, -0.05) is 6.92 Å². The Morgan fingerprint density at radius 2 is 1.88 bits per heavy atom. The molecule has 1 aromatic rings. The molecule has 1 aliphatic rings. The molecule has 16 heavy (non-hydrogen) atoms. The van der Waals surface area contributed by atoms with Crippen molar-refractivity contribution in [2.45, 2.75) is 25.7 Å². The smallest absolute Gasteiger partial charge is 0.163 e. The van der Waals surface area contributed by atoms with Gasteiger partial charge in [-0.2, -0.15) is 0 Å². The highest BCUT2D eigenvalue weighted by Gasteiger charge is 2.29. The number of hydrogen-bond donors (Lipinski definition) is 0. The van der Waals surface area contributed by atoms with Crippen LogP contribution in [0.2, 0.25) is 0 Å². The van der Waals surface area contributed by atoms with Gasteiger partial charge in [-0.15, -0.1) is 0 Å². The highest BCUT2D eigenvalue weighted by Crippen LogP contribution is 2.41. The van der Waals surface area contributed by atoms with Crippen molar-refractivity contribution in [3.8, 4) is 11.5 Å². The lowest BCUT2D eigenvalue weighted by atomic mass is 9.98. The summed E-state index contributed by atoms with van der Waals surface area (Å²) >= 11 is 0. The van der Waals surface area contributed by atoms with E-state index in [9.17, 15) is 4.79 Å². The Bertz CT molecular complexity index is 423. The number of hydrogen-bond acceptors (Lipinski definition) is 3. The minimum Gasteiger partial charge on any atom is -0.493 e. The summed E-state index contributed by atoms with van der Waals surface area (Å²) in [6.45, 7) is 2.10. The second-order valence-electron chi connectivity index (χ2n) is 4.03. The molecule has 1 aliphatic carbocycles. The summed E-state index contributed by atoms with van der Waals surface area (Å²) in [6, 6.07) is 3.74. The van der Waals surface area contributed by atoms with Gasteiger partial charge in [0, 0.05) is 12.0 Å². The molecule has 3 heteroatoms. The minimum absolute atomic E-state index is 0.211. The molecular weight excluding hydrogens is 204 g/mol. The molecule has 1 aromatic carbocycles. The van der Waals surface area contributed by atoms with Crippen LogP contribution in [0.15, 0.2) is 12.1 Å². The quantitative estimate of drug-likeness (QED) is 0.785. The summed E-state index contributed by atoms with van der Waals surface area (Å²) in [5.41, 5.74) is 1.90. The van der Waals surface area contributed by atoms with Crippen molar-refractivity contribution in [3.63, 3.8) is 0 Å². The summed E-state index contributed by atoms with van der Waals surface area (Å²) in [4.78, 5) is 11.8. The summed E-state index contributed by atoms with van der Waals surface area (Å²) in [5.74, 6) is 1.88. The number of carbonyl (C=O) groups is 1. The molecule has 0 N–H and O–H groups in total. The summed E-state index contributed by atoms with van der Waals surface area (Å²) in [6.07, 6.45) is 1.59. The maximum Gasteiger partial charge on any atom is 0.163 e. The van der Waals surface area contributed by atoms with E-state index in [-0.39, 0.29) is 5.78 Å². The maximum atomic E-state index is 11.8. The molecule has 1 atom stereocenters. The maximum absolute atomic E-state index is 11.8. The predicted octanol–water partition coefficient (Wildman–Crippen LogP) is 2.78. The van der Waals surface area contributed by atoms with Gasteiger partial charge >= 0.3 is 0 Å². The van der Waals surface area contributed by atoms with Crippen LogP contribution in [0.4, 0.5) is 0 Å². The van der Waals surface area contributed by atoms with E-state index in [0.717, 1.165) is 17.5 Å². The third-order valence-corrected chi connectivity index (χ3v) is 3.22. The zero-order valence-corrected chi connectivity index (χ0v) is 9.87. The van der Waals surface area contributed by atoms with Gasteiger partial charge in [0.05, 0.1) is 14.2 Å². The average molecular weight is 220 g/mol. The van der Waals surface area contributed by atoms with E-state index in [1.54, 1.807) is 20.3 Å². The van der Waals surface area contributed by atoms with Crippen LogP contribution in [0.3, 0.4) is 0 Å². The van der Waals surface area contributed by atoms with Crippen LogP contribution < -0.4 is 9.47 Å². The van der Waals surface area contributed by atoms with Crippen LogP contribution in [-0.2, 0) is 0 Å². The first kappa shape index (κ1) is 11.0. The minimum atomic E-state index is 0.211. The fraction of sp³-hybridized carbons (Fsp3) is 0.462. The number of ether oxygens (including phenoxy) is 2. The van der Waals surface area contributed by atoms with Gasteiger partial charge in [0.1, 0.15) is 0 Å². The zero-order valence-electron chi connectivity index (χ0n) is 9.87. The molecule has 0 aliphatic heterocycles. The molecular formula is C13H16O3. The number of fused-ring (bicyclic) bond motifs is 1. The number of benzene rings is 1. The second kappa shape index (κ2) is 4.16. The van der Waals surface area contributed by atoms with Gasteiger partial charge < -0.3 is 9.47 Å². The van der Waals surface area contributed by atoms with Crippen LogP contribution in [0, 0.1) is 0 Å². The molecule has 0 aromatic heterocycles. The molecule has 86 valence electrons. The lowest BCUT2D eigenvalue weighted by molar-refractivity contribution is 0.0988. The molecule has 0 radical (unpaired) electrons. The van der Waals surface area contributed by atoms with E-state index in [4.69, 9.17) is 9.47 Å². The van der Waals surface area contributed by atoms with E-state index in [1.165, 1.54) is 0 Å². The van der Waals surface area contributed by atoms with Crippen LogP contribution in [0.1, 0.15) is 41.6 Å². The molecule has 0 saturated carbocycles. The van der Waals surface area contributed by atoms with Gasteiger partial charge in [-0.05, 0) is 30.0 Å². The van der Waals surface area contributed by atoms with Crippen LogP contribution in [-0.4, -0.2) is 20.0 Å². The fourth-order valence-corrected chi connectivity index (χ4v) is 2.28. The third-order valence-electron chi connectivity index (χ3n) is 3.22. The monoisotopic (exact) mass is 220 g/mol. The van der Waals surface area contributed by atoms with Crippen molar-refractivity contribution in [1.82, 2.24) is 0 Å². The van der Waals surface area contributed by atoms with Crippen molar-refractivity contribution in [2.75, 3.05) is 14.2 Å². The molecule has 1 unspecified atom stereocenters. The highest BCUT2D eigenvalue weighted by atomic mass is 16.5. The van der Waals surface area contributed by atoms with E-state index >= 15 is 0 Å². The van der Waals surface area contributed by atoms with Gasteiger partial charge in [-0.3, -0.25) is 4.79 Å². The molecule has 3 nitrogen and oxygen atoms in total. The highest BCUT2D eigenvalue weighted by molar-refractivity contribution is 6.02. The van der Waals surface area contributed by atoms with Gasteiger partial charge in [-0.25, -0.2) is 0 Å². The molecule has 0 heterocycles. The van der Waals surface area contributed by atoms with Gasteiger partial charge in [0.2, 0.25) is 0 Å². The number of carbonyl (C=O) groups excluding carboxylic acids is 1. The van der Waals surface area contributed by atoms with Crippen molar-refractivity contribution >= 4 is 5.78 Å². The SMILES string of the molecule is CCC1CC(=O)c2cc(OC)c(OC)cc21. The van der Waals surface area contributed by atoms with Crippen LogP contribution >= 0.6 is 0 Å². The molecule has 0 saturated heterocycles. The number of methoxy groups -OCH3 is 2. The first-order valence-electron chi connectivity index (χ1n) is 5.50. The molecule has 0 amide bonds. The van der Waals surface area contributed by atoms with Crippen LogP contribution in [0.25, 0.3) is 0 Å². The second-order valence-corrected chi connectivity index (χ2v) is 4.03. The van der Waals surface area contributed by atoms with Gasteiger partial charge in [0.25, 0.3) is 0 Å². The average Bonchev–Trinajstić information content (AvgIpc) is 2.63. The van der Waals surface area contributed by atoms with Crippen molar-refractivity contribution in [2.24, 2.45) is 0 Å². The largest absolute Gasteiger partial charge is 0.493 e. The summed E-state index contributed by atoms with van der Waals surface area (Å²) in [7, 11) is 3.20. The van der Waals surface area contributed by atoms with Crippen LogP contribution in [0.5, 0.6) is 11.5 Å². The number of Topliss-reactive ketones (excluding diaryl/α,β-unsaturated/α-hetero) is 1. The summed E-state index contributed by atoms with van der Waals surface area (Å²) in [5, 5.41) is 0. The molecule has 0 spiro atoms. The Balaban J connectivity index is 2.54. The third kappa shape index (κ3) is 1.56. The van der Waals surface area contributed by atoms with E-state index in [1.807, 2.05) is 6.07 Å². The molecule has 2 rings (SSSR count). The first-order valence-corrected chi connectivity index (χ1v) is 5.50. The Morgan fingerprint density at radius 1 is 1.25 bits per heavy atom. The van der Waals surface area contributed by atoms with Crippen molar-refractivity contribution in [1.29, 1.82) is 0 Å². The van der Waals surface area contributed by atoms with E-state index < -0.39 is 0 Å². The number of ketones is 1. The van der Waals surface area contributed by atoms with E-state index in [2.05, 4.69) is 6.92 Å². The fourth-order valence-electron chi connectivity index (χ4n) is 2.28. The summed E-state index contributed by atoms with van der Waals surface area (Å²) < 4.78 is 10.5. The Kier molecular flexibility index (Phi) is 2.86. The zero-order chi connectivity index (χ0) is 11.7. The molecule has 0 bridgehead atoms. The van der Waals surface area contributed by atoms with Crippen molar-refractivity contribution in [3.05, 3.63) is 23.3 Å². The lowest BCUT2D eigenvalue weighted by Gasteiger charge is -2.12.